The molecule has 0 atom stereocenters. The molecule has 0 bridgehead atoms. The normalized spacial score (nSPS) is 10.8. The molecule has 88 valence electrons. The Bertz CT molecular complexity index is 349. The lowest BCUT2D eigenvalue weighted by atomic mass is 10.2. The summed E-state index contributed by atoms with van der Waals surface area (Å²) in [6.07, 6.45) is -0.641. The fraction of sp³-hybridized carbons (Fsp3) is 0.364. The molecule has 1 aromatic carbocycles. The van der Waals surface area contributed by atoms with E-state index in [9.17, 15) is 4.79 Å². The molecule has 0 aromatic heterocycles. The predicted molar refractivity (Wildman–Crippen MR) is 64.0 cm³/mol. The van der Waals surface area contributed by atoms with Gasteiger partial charge in [-0.05, 0) is 32.9 Å². The van der Waals surface area contributed by atoms with Crippen LogP contribution in [0.1, 0.15) is 20.8 Å². The molecule has 1 amide bonds. The minimum Gasteiger partial charge on any atom is -0.442 e. The molecule has 16 heavy (non-hydrogen) atoms. The van der Waals surface area contributed by atoms with E-state index in [-0.39, 0.29) is 0 Å². The van der Waals surface area contributed by atoms with E-state index in [2.05, 4.69) is 5.43 Å². The predicted octanol–water partition coefficient (Wildman–Crippen LogP) is 3.40. The van der Waals surface area contributed by atoms with Gasteiger partial charge in [0.1, 0.15) is 5.60 Å². The Kier molecular flexibility index (Phi) is 4.01. The monoisotopic (exact) mass is 242 g/mol. The number of hydrazine groups is 1. The van der Waals surface area contributed by atoms with E-state index >= 15 is 0 Å². The number of carbonyl (C=O) groups excluding carboxylic acids is 1. The lowest BCUT2D eigenvalue weighted by molar-refractivity contribution is 0.0421. The first-order valence-electron chi connectivity index (χ1n) is 4.89. The number of hydrogen-bond acceptors (Lipinski definition) is 3. The molecule has 5 heteroatoms. The average molecular weight is 243 g/mol. The molecule has 0 saturated heterocycles. The molecule has 1 rings (SSSR count). The summed E-state index contributed by atoms with van der Waals surface area (Å²) in [5.41, 5.74) is 2.83. The van der Waals surface area contributed by atoms with Crippen molar-refractivity contribution >= 4 is 23.6 Å². The van der Waals surface area contributed by atoms with Gasteiger partial charge in [-0.15, -0.1) is 4.53 Å². The minimum atomic E-state index is -0.641. The van der Waals surface area contributed by atoms with Crippen LogP contribution in [-0.2, 0) is 4.74 Å². The van der Waals surface area contributed by atoms with E-state index < -0.39 is 11.7 Å². The van der Waals surface area contributed by atoms with Crippen LogP contribution in [0.5, 0.6) is 0 Å². The van der Waals surface area contributed by atoms with Gasteiger partial charge in [0.05, 0.1) is 5.69 Å². The molecule has 0 aliphatic rings. The van der Waals surface area contributed by atoms with Crippen LogP contribution in [0, 0.1) is 0 Å². The van der Waals surface area contributed by atoms with Gasteiger partial charge in [0.15, 0.2) is 0 Å². The molecule has 0 radical (unpaired) electrons. The van der Waals surface area contributed by atoms with Crippen LogP contribution in [0.3, 0.4) is 0 Å². The molecule has 0 aliphatic heterocycles. The zero-order valence-electron chi connectivity index (χ0n) is 9.53. The molecule has 0 saturated carbocycles. The van der Waals surface area contributed by atoms with E-state index in [0.29, 0.717) is 5.69 Å². The van der Waals surface area contributed by atoms with Crippen molar-refractivity contribution in [2.45, 2.75) is 26.4 Å². The highest BCUT2D eigenvalue weighted by molar-refractivity contribution is 6.20. The number of benzene rings is 1. The van der Waals surface area contributed by atoms with Gasteiger partial charge >= 0.3 is 6.09 Å². The van der Waals surface area contributed by atoms with Gasteiger partial charge in [0.2, 0.25) is 0 Å². The second-order valence-corrected chi connectivity index (χ2v) is 4.58. The van der Waals surface area contributed by atoms with Gasteiger partial charge in [0.25, 0.3) is 0 Å². The number of rotatable bonds is 2. The molecule has 0 spiro atoms. The number of carbonyl (C=O) groups is 1. The quantitative estimate of drug-likeness (QED) is 0.638. The van der Waals surface area contributed by atoms with Gasteiger partial charge < -0.3 is 4.74 Å². The minimum absolute atomic E-state index is 0.567. The van der Waals surface area contributed by atoms with Crippen LogP contribution in [0.15, 0.2) is 30.3 Å². The number of hydrogen-bond donors (Lipinski definition) is 1. The SMILES string of the molecule is CC(C)(C)OC(=O)N(Cl)Nc1ccccc1. The molecule has 0 fully saturated rings. The Labute approximate surface area is 100 Å². The highest BCUT2D eigenvalue weighted by Gasteiger charge is 2.21. The summed E-state index contributed by atoms with van der Waals surface area (Å²) in [7, 11) is 0. The molecular formula is C11H15ClN2O2. The molecular weight excluding hydrogens is 228 g/mol. The van der Waals surface area contributed by atoms with Crippen molar-refractivity contribution in [1.82, 2.24) is 4.53 Å². The summed E-state index contributed by atoms with van der Waals surface area (Å²) in [6, 6.07) is 9.13. The van der Waals surface area contributed by atoms with Crippen LogP contribution in [-0.4, -0.2) is 16.2 Å². The van der Waals surface area contributed by atoms with Crippen molar-refractivity contribution in [2.24, 2.45) is 0 Å². The molecule has 0 aliphatic carbocycles. The summed E-state index contributed by atoms with van der Waals surface area (Å²) >= 11 is 5.72. The van der Waals surface area contributed by atoms with E-state index in [1.807, 2.05) is 18.2 Å². The number of halogens is 1. The van der Waals surface area contributed by atoms with Crippen molar-refractivity contribution in [3.8, 4) is 0 Å². The Morgan fingerprint density at radius 1 is 1.31 bits per heavy atom. The fourth-order valence-corrected chi connectivity index (χ4v) is 1.11. The first kappa shape index (κ1) is 12.6. The van der Waals surface area contributed by atoms with Gasteiger partial charge in [-0.2, -0.15) is 0 Å². The van der Waals surface area contributed by atoms with Crippen molar-refractivity contribution < 1.29 is 9.53 Å². The van der Waals surface area contributed by atoms with E-state index in [4.69, 9.17) is 16.5 Å². The zero-order chi connectivity index (χ0) is 12.2. The van der Waals surface area contributed by atoms with Crippen molar-refractivity contribution in [1.29, 1.82) is 0 Å². The molecule has 0 heterocycles. The third kappa shape index (κ3) is 4.40. The van der Waals surface area contributed by atoms with Crippen LogP contribution < -0.4 is 5.43 Å². The largest absolute Gasteiger partial charge is 0.444 e. The number of nitrogens with one attached hydrogen (secondary N) is 1. The van der Waals surface area contributed by atoms with Crippen LogP contribution in [0.4, 0.5) is 10.5 Å². The maximum atomic E-state index is 11.5. The number of ether oxygens (including phenoxy) is 1. The molecule has 1 aromatic rings. The second-order valence-electron chi connectivity index (χ2n) is 4.24. The lowest BCUT2D eigenvalue weighted by Gasteiger charge is -2.23. The Hall–Kier alpha value is -1.42. The van der Waals surface area contributed by atoms with Crippen LogP contribution >= 0.6 is 11.8 Å². The summed E-state index contributed by atoms with van der Waals surface area (Å²) in [6.45, 7) is 5.33. The van der Waals surface area contributed by atoms with Crippen LogP contribution in [0.2, 0.25) is 0 Å². The summed E-state index contributed by atoms with van der Waals surface area (Å²) in [4.78, 5) is 11.5. The number of amides is 1. The third-order valence-electron chi connectivity index (χ3n) is 1.55. The average Bonchev–Trinajstić information content (AvgIpc) is 2.16. The van der Waals surface area contributed by atoms with Gasteiger partial charge in [-0.25, -0.2) is 4.79 Å². The number of nitrogens with zero attached hydrogens (tertiary/aromatic N) is 1. The molecule has 1 N–H and O–H groups in total. The van der Waals surface area contributed by atoms with E-state index in [0.717, 1.165) is 4.53 Å². The standard InChI is InChI=1S/C11H15ClN2O2/c1-11(2,3)16-10(15)14(12)13-9-7-5-4-6-8-9/h4-8,13H,1-3H3. The summed E-state index contributed by atoms with van der Waals surface area (Å²) in [5, 5.41) is 0. The van der Waals surface area contributed by atoms with Gasteiger partial charge in [-0.1, -0.05) is 18.2 Å². The van der Waals surface area contributed by atoms with Gasteiger partial charge in [-0.3, -0.25) is 5.43 Å². The first-order chi connectivity index (χ1) is 7.38. The Morgan fingerprint density at radius 2 is 1.88 bits per heavy atom. The second kappa shape index (κ2) is 5.07. The molecule has 4 nitrogen and oxygen atoms in total. The smallest absolute Gasteiger partial charge is 0.442 e. The van der Waals surface area contributed by atoms with E-state index in [1.165, 1.54) is 0 Å². The molecule has 0 unspecified atom stereocenters. The summed E-state index contributed by atoms with van der Waals surface area (Å²) < 4.78 is 5.86. The maximum Gasteiger partial charge on any atom is 0.444 e. The summed E-state index contributed by atoms with van der Waals surface area (Å²) in [5.74, 6) is 0. The highest BCUT2D eigenvalue weighted by atomic mass is 35.5. The highest BCUT2D eigenvalue weighted by Crippen LogP contribution is 2.13. The lowest BCUT2D eigenvalue weighted by Crippen LogP contribution is -2.34. The fourth-order valence-electron chi connectivity index (χ4n) is 0.974. The topological polar surface area (TPSA) is 41.6 Å². The zero-order valence-corrected chi connectivity index (χ0v) is 10.3. The van der Waals surface area contributed by atoms with Crippen molar-refractivity contribution in [2.75, 3.05) is 5.43 Å². The van der Waals surface area contributed by atoms with Crippen molar-refractivity contribution in [3.63, 3.8) is 0 Å². The number of anilines is 1. The van der Waals surface area contributed by atoms with Crippen molar-refractivity contribution in [3.05, 3.63) is 30.3 Å². The first-order valence-corrected chi connectivity index (χ1v) is 5.23. The Morgan fingerprint density at radius 3 is 2.38 bits per heavy atom. The van der Waals surface area contributed by atoms with E-state index in [1.54, 1.807) is 32.9 Å². The maximum absolute atomic E-state index is 11.5. The number of para-hydroxylation sites is 1. The Balaban J connectivity index is 2.53. The van der Waals surface area contributed by atoms with Crippen LogP contribution in [0.25, 0.3) is 0 Å². The third-order valence-corrected chi connectivity index (χ3v) is 1.78. The van der Waals surface area contributed by atoms with Gasteiger partial charge in [0, 0.05) is 11.8 Å².